The van der Waals surface area contributed by atoms with Crippen LogP contribution in [0.1, 0.15) is 35.6 Å². The Labute approximate surface area is 287 Å². The number of methoxy groups -OCH3 is 1. The summed E-state index contributed by atoms with van der Waals surface area (Å²) in [4.78, 5) is 29.9. The molecule has 0 heterocycles. The molecule has 0 aliphatic rings. The Kier molecular flexibility index (Phi) is 12.3. The lowest BCUT2D eigenvalue weighted by Gasteiger charge is -2.34. The number of aryl methyl sites for hydroxylation is 2. The number of ether oxygens (including phenoxy) is 1. The van der Waals surface area contributed by atoms with E-state index in [1.165, 1.54) is 24.1 Å². The second kappa shape index (κ2) is 16.2. The molecule has 0 saturated heterocycles. The number of amides is 2. The lowest BCUT2D eigenvalue weighted by Crippen LogP contribution is -2.53. The third kappa shape index (κ3) is 9.06. The number of sulfonamides is 1. The minimum atomic E-state index is -4.29. The highest BCUT2D eigenvalue weighted by atomic mass is 35.5. The zero-order chi connectivity index (χ0) is 34.1. The zero-order valence-corrected chi connectivity index (χ0v) is 29.2. The standard InChI is InChI=1S/C36H39Cl2N3O5S/c1-5-19-39-36(43)33(22-27-9-7-6-8-10-27)40(23-28-14-17-30(37)31(38)21-28)35(42)24-41(32-20-26(3)13-18-34(32)46-4)47(44,45)29-15-11-25(2)12-16-29/h6-18,20-21,33H,5,19,22-24H2,1-4H3,(H,39,43)/t33-/m0/s1. The van der Waals surface area contributed by atoms with Gasteiger partial charge in [-0.05, 0) is 73.4 Å². The first kappa shape index (κ1) is 35.8. The van der Waals surface area contributed by atoms with Crippen molar-refractivity contribution >= 4 is 50.7 Å². The van der Waals surface area contributed by atoms with Crippen molar-refractivity contribution in [1.29, 1.82) is 0 Å². The molecular weight excluding hydrogens is 657 g/mol. The summed E-state index contributed by atoms with van der Waals surface area (Å²) in [7, 11) is -2.84. The average Bonchev–Trinajstić information content (AvgIpc) is 3.06. The first-order valence-corrected chi connectivity index (χ1v) is 17.4. The Morgan fingerprint density at radius 1 is 0.851 bits per heavy atom. The van der Waals surface area contributed by atoms with E-state index in [2.05, 4.69) is 5.32 Å². The topological polar surface area (TPSA) is 96.0 Å². The number of nitrogens with one attached hydrogen (secondary N) is 1. The van der Waals surface area contributed by atoms with Crippen LogP contribution in [0.5, 0.6) is 5.75 Å². The van der Waals surface area contributed by atoms with E-state index in [1.807, 2.05) is 51.1 Å². The fourth-order valence-electron chi connectivity index (χ4n) is 5.10. The highest BCUT2D eigenvalue weighted by molar-refractivity contribution is 7.92. The fourth-order valence-corrected chi connectivity index (χ4v) is 6.84. The fraction of sp³-hybridized carbons (Fsp3) is 0.278. The van der Waals surface area contributed by atoms with E-state index in [4.69, 9.17) is 27.9 Å². The molecule has 1 N–H and O–H groups in total. The van der Waals surface area contributed by atoms with Gasteiger partial charge in [0, 0.05) is 19.5 Å². The maximum absolute atomic E-state index is 14.6. The van der Waals surface area contributed by atoms with Crippen molar-refractivity contribution in [3.05, 3.63) is 123 Å². The van der Waals surface area contributed by atoms with Crippen LogP contribution in [-0.2, 0) is 32.6 Å². The van der Waals surface area contributed by atoms with Gasteiger partial charge in [-0.15, -0.1) is 0 Å². The number of carbonyl (C=O) groups excluding carboxylic acids is 2. The first-order chi connectivity index (χ1) is 22.4. The summed E-state index contributed by atoms with van der Waals surface area (Å²) in [5.41, 5.74) is 3.31. The van der Waals surface area contributed by atoms with Crippen LogP contribution in [-0.4, -0.2) is 51.4 Å². The van der Waals surface area contributed by atoms with Gasteiger partial charge in [0.15, 0.2) is 0 Å². The summed E-state index contributed by atoms with van der Waals surface area (Å²) < 4.78 is 35.3. The second-order valence-corrected chi connectivity index (χ2v) is 13.9. The summed E-state index contributed by atoms with van der Waals surface area (Å²) in [6.07, 6.45) is 0.891. The van der Waals surface area contributed by atoms with E-state index in [0.717, 1.165) is 21.0 Å². The maximum atomic E-state index is 14.6. The molecule has 0 unspecified atom stereocenters. The Bertz CT molecular complexity index is 1800. The molecule has 4 aromatic carbocycles. The Balaban J connectivity index is 1.86. The van der Waals surface area contributed by atoms with Gasteiger partial charge in [-0.1, -0.05) is 90.3 Å². The van der Waals surface area contributed by atoms with Gasteiger partial charge in [0.25, 0.3) is 10.0 Å². The molecule has 248 valence electrons. The predicted octanol–water partition coefficient (Wildman–Crippen LogP) is 6.98. The minimum absolute atomic E-state index is 0.0111. The van der Waals surface area contributed by atoms with Crippen molar-refractivity contribution in [3.63, 3.8) is 0 Å². The Hall–Kier alpha value is -4.05. The molecule has 0 bridgehead atoms. The van der Waals surface area contributed by atoms with Crippen LogP contribution in [0.15, 0.2) is 95.9 Å². The van der Waals surface area contributed by atoms with Gasteiger partial charge in [-0.25, -0.2) is 8.42 Å². The summed E-state index contributed by atoms with van der Waals surface area (Å²) in [6, 6.07) is 24.9. The second-order valence-electron chi connectivity index (χ2n) is 11.3. The van der Waals surface area contributed by atoms with Crippen molar-refractivity contribution in [2.24, 2.45) is 0 Å². The molecule has 0 fully saturated rings. The number of hydrogen-bond donors (Lipinski definition) is 1. The number of benzene rings is 4. The Morgan fingerprint density at radius 2 is 1.53 bits per heavy atom. The van der Waals surface area contributed by atoms with E-state index < -0.39 is 28.5 Å². The number of carbonyl (C=O) groups is 2. The van der Waals surface area contributed by atoms with Gasteiger partial charge in [0.05, 0.1) is 27.7 Å². The van der Waals surface area contributed by atoms with Crippen LogP contribution in [0.3, 0.4) is 0 Å². The number of nitrogens with zero attached hydrogens (tertiary/aromatic N) is 2. The van der Waals surface area contributed by atoms with Crippen molar-refractivity contribution in [3.8, 4) is 5.75 Å². The SMILES string of the molecule is CCCNC(=O)[C@H](Cc1ccccc1)N(Cc1ccc(Cl)c(Cl)c1)C(=O)CN(c1cc(C)ccc1OC)S(=O)(=O)c1ccc(C)cc1. The summed E-state index contributed by atoms with van der Waals surface area (Å²) in [5, 5.41) is 3.57. The van der Waals surface area contributed by atoms with Gasteiger partial charge in [0.2, 0.25) is 11.8 Å². The van der Waals surface area contributed by atoms with Gasteiger partial charge in [-0.3, -0.25) is 13.9 Å². The number of rotatable bonds is 14. The Morgan fingerprint density at radius 3 is 2.17 bits per heavy atom. The molecular formula is C36H39Cl2N3O5S. The van der Waals surface area contributed by atoms with Crippen LogP contribution in [0, 0.1) is 13.8 Å². The molecule has 0 saturated carbocycles. The maximum Gasteiger partial charge on any atom is 0.264 e. The summed E-state index contributed by atoms with van der Waals surface area (Å²) >= 11 is 12.5. The molecule has 0 radical (unpaired) electrons. The van der Waals surface area contributed by atoms with Crippen LogP contribution < -0.4 is 14.4 Å². The van der Waals surface area contributed by atoms with Crippen molar-refractivity contribution in [1.82, 2.24) is 10.2 Å². The number of halogens is 2. The number of hydrogen-bond acceptors (Lipinski definition) is 5. The van der Waals surface area contributed by atoms with Gasteiger partial charge < -0.3 is 15.0 Å². The minimum Gasteiger partial charge on any atom is -0.495 e. The van der Waals surface area contributed by atoms with Crippen molar-refractivity contribution < 1.29 is 22.7 Å². The summed E-state index contributed by atoms with van der Waals surface area (Å²) in [6.45, 7) is 5.39. The van der Waals surface area contributed by atoms with Crippen LogP contribution in [0.2, 0.25) is 10.0 Å². The zero-order valence-electron chi connectivity index (χ0n) is 26.9. The van der Waals surface area contributed by atoms with E-state index in [9.17, 15) is 18.0 Å². The van der Waals surface area contributed by atoms with E-state index in [0.29, 0.717) is 28.6 Å². The van der Waals surface area contributed by atoms with Gasteiger partial charge in [-0.2, -0.15) is 0 Å². The quantitative estimate of drug-likeness (QED) is 0.154. The van der Waals surface area contributed by atoms with Gasteiger partial charge >= 0.3 is 0 Å². The largest absolute Gasteiger partial charge is 0.495 e. The smallest absolute Gasteiger partial charge is 0.264 e. The third-order valence-corrected chi connectivity index (χ3v) is 10.2. The summed E-state index contributed by atoms with van der Waals surface area (Å²) in [5.74, 6) is -0.676. The normalized spacial score (nSPS) is 11.9. The molecule has 4 rings (SSSR count). The van der Waals surface area contributed by atoms with Crippen LogP contribution in [0.25, 0.3) is 0 Å². The molecule has 4 aromatic rings. The molecule has 0 spiro atoms. The molecule has 1 atom stereocenters. The predicted molar refractivity (Wildman–Crippen MR) is 188 cm³/mol. The molecule has 11 heteroatoms. The van der Waals surface area contributed by atoms with Gasteiger partial charge in [0.1, 0.15) is 18.3 Å². The molecule has 0 aromatic heterocycles. The molecule has 0 aliphatic heterocycles. The first-order valence-electron chi connectivity index (χ1n) is 15.2. The van der Waals surface area contributed by atoms with Crippen LogP contribution in [0.4, 0.5) is 5.69 Å². The van der Waals surface area contributed by atoms with E-state index >= 15 is 0 Å². The lowest BCUT2D eigenvalue weighted by molar-refractivity contribution is -0.140. The molecule has 47 heavy (non-hydrogen) atoms. The third-order valence-electron chi connectivity index (χ3n) is 7.65. The highest BCUT2D eigenvalue weighted by Gasteiger charge is 2.35. The van der Waals surface area contributed by atoms with E-state index in [-0.39, 0.29) is 35.2 Å². The van der Waals surface area contributed by atoms with Crippen molar-refractivity contribution in [2.45, 2.75) is 51.1 Å². The van der Waals surface area contributed by atoms with Crippen LogP contribution >= 0.6 is 23.2 Å². The average molecular weight is 697 g/mol. The number of anilines is 1. The molecule has 2 amide bonds. The molecule has 8 nitrogen and oxygen atoms in total. The molecule has 0 aliphatic carbocycles. The lowest BCUT2D eigenvalue weighted by atomic mass is 10.0. The highest BCUT2D eigenvalue weighted by Crippen LogP contribution is 2.34. The monoisotopic (exact) mass is 695 g/mol. The van der Waals surface area contributed by atoms with Crippen molar-refractivity contribution in [2.75, 3.05) is 24.5 Å². The van der Waals surface area contributed by atoms with E-state index in [1.54, 1.807) is 48.5 Å².